The van der Waals surface area contributed by atoms with Crippen LogP contribution >= 0.6 is 0 Å². The molecular formula is C18H18FN3O4. The number of halogens is 1. The first-order chi connectivity index (χ1) is 12.5. The smallest absolute Gasteiger partial charge is 0.407 e. The van der Waals surface area contributed by atoms with Gasteiger partial charge in [0.1, 0.15) is 11.6 Å². The summed E-state index contributed by atoms with van der Waals surface area (Å²) in [7, 11) is 1.43. The van der Waals surface area contributed by atoms with E-state index in [-0.39, 0.29) is 5.69 Å². The number of carbonyl (C=O) groups excluding carboxylic acids is 1. The van der Waals surface area contributed by atoms with Crippen molar-refractivity contribution in [3.05, 3.63) is 53.3 Å². The van der Waals surface area contributed by atoms with E-state index in [4.69, 9.17) is 9.84 Å². The zero-order chi connectivity index (χ0) is 18.7. The molecule has 0 bridgehead atoms. The number of urea groups is 1. The average Bonchev–Trinajstić information content (AvgIpc) is 2.61. The monoisotopic (exact) mass is 359 g/mol. The maximum atomic E-state index is 13.4. The molecule has 3 N–H and O–H groups in total. The van der Waals surface area contributed by atoms with Crippen molar-refractivity contribution in [1.29, 1.82) is 0 Å². The Morgan fingerprint density at radius 1 is 1.15 bits per heavy atom. The van der Waals surface area contributed by atoms with Crippen molar-refractivity contribution in [1.82, 2.24) is 4.90 Å². The molecule has 0 aromatic heterocycles. The highest BCUT2D eigenvalue weighted by Gasteiger charge is 2.20. The van der Waals surface area contributed by atoms with Gasteiger partial charge in [-0.15, -0.1) is 0 Å². The van der Waals surface area contributed by atoms with E-state index in [9.17, 15) is 14.0 Å². The van der Waals surface area contributed by atoms with Gasteiger partial charge >= 0.3 is 12.1 Å². The molecule has 0 radical (unpaired) electrons. The quantitative estimate of drug-likeness (QED) is 0.782. The van der Waals surface area contributed by atoms with Gasteiger partial charge in [0, 0.05) is 24.8 Å². The molecule has 8 heteroatoms. The van der Waals surface area contributed by atoms with Gasteiger partial charge in [-0.3, -0.25) is 0 Å². The molecule has 0 spiro atoms. The zero-order valence-corrected chi connectivity index (χ0v) is 14.1. The second kappa shape index (κ2) is 7.30. The first-order valence-corrected chi connectivity index (χ1v) is 7.97. The van der Waals surface area contributed by atoms with Crippen LogP contribution in [0.2, 0.25) is 0 Å². The van der Waals surface area contributed by atoms with E-state index in [1.807, 2.05) is 6.07 Å². The molecule has 3 rings (SSSR count). The number of carboxylic acid groups (broad SMARTS) is 1. The fraction of sp³-hybridized carbons (Fsp3) is 0.222. The Bertz CT molecular complexity index is 856. The van der Waals surface area contributed by atoms with Gasteiger partial charge in [-0.2, -0.15) is 0 Å². The number of rotatable bonds is 3. The molecule has 26 heavy (non-hydrogen) atoms. The van der Waals surface area contributed by atoms with Crippen LogP contribution in [-0.2, 0) is 13.0 Å². The molecule has 7 nitrogen and oxygen atoms in total. The molecule has 0 fully saturated rings. The fourth-order valence-corrected chi connectivity index (χ4v) is 2.86. The average molecular weight is 359 g/mol. The van der Waals surface area contributed by atoms with Crippen molar-refractivity contribution in [3.8, 4) is 5.75 Å². The van der Waals surface area contributed by atoms with E-state index in [0.29, 0.717) is 30.9 Å². The molecule has 0 aliphatic carbocycles. The number of carbonyl (C=O) groups is 2. The summed E-state index contributed by atoms with van der Waals surface area (Å²) < 4.78 is 18.5. The molecule has 2 aromatic carbocycles. The lowest BCUT2D eigenvalue weighted by Gasteiger charge is -2.26. The van der Waals surface area contributed by atoms with E-state index in [1.54, 1.807) is 12.1 Å². The Labute approximate surface area is 149 Å². The van der Waals surface area contributed by atoms with Gasteiger partial charge < -0.3 is 25.4 Å². The van der Waals surface area contributed by atoms with Crippen molar-refractivity contribution in [2.45, 2.75) is 13.0 Å². The number of ether oxygens (including phenoxy) is 1. The lowest BCUT2D eigenvalue weighted by Crippen LogP contribution is -2.34. The summed E-state index contributed by atoms with van der Waals surface area (Å²) in [6.07, 6.45) is -0.363. The standard InChI is InChI=1S/C18H18FN3O4/c1-26-16-5-3-13(19)9-15(16)21-17(23)20-14-4-2-12-10-22(18(24)25)7-6-11(12)8-14/h2-5,8-9H,6-7,10H2,1H3,(H,24,25)(H2,20,21,23). The Hall–Kier alpha value is -3.29. The maximum absolute atomic E-state index is 13.4. The van der Waals surface area contributed by atoms with Crippen LogP contribution in [0, 0.1) is 5.82 Å². The summed E-state index contributed by atoms with van der Waals surface area (Å²) in [5.41, 5.74) is 2.69. The molecule has 1 aliphatic rings. The minimum Gasteiger partial charge on any atom is -0.495 e. The lowest BCUT2D eigenvalue weighted by atomic mass is 9.99. The highest BCUT2D eigenvalue weighted by Crippen LogP contribution is 2.26. The highest BCUT2D eigenvalue weighted by atomic mass is 19.1. The topological polar surface area (TPSA) is 90.9 Å². The van der Waals surface area contributed by atoms with Gasteiger partial charge in [0.05, 0.1) is 12.8 Å². The Morgan fingerprint density at radius 2 is 1.96 bits per heavy atom. The number of nitrogens with one attached hydrogen (secondary N) is 2. The summed E-state index contributed by atoms with van der Waals surface area (Å²) in [4.78, 5) is 24.6. The number of fused-ring (bicyclic) bond motifs is 1. The number of nitrogens with zero attached hydrogens (tertiary/aromatic N) is 1. The Balaban J connectivity index is 1.69. The van der Waals surface area contributed by atoms with Crippen LogP contribution in [0.3, 0.4) is 0 Å². The summed E-state index contributed by atoms with van der Waals surface area (Å²) in [6.45, 7) is 0.746. The third kappa shape index (κ3) is 3.85. The highest BCUT2D eigenvalue weighted by molar-refractivity contribution is 6.00. The van der Waals surface area contributed by atoms with Crippen LogP contribution < -0.4 is 15.4 Å². The van der Waals surface area contributed by atoms with Crippen molar-refractivity contribution in [2.75, 3.05) is 24.3 Å². The van der Waals surface area contributed by atoms with Crippen LogP contribution in [0.15, 0.2) is 36.4 Å². The van der Waals surface area contributed by atoms with Crippen molar-refractivity contribution < 1.29 is 23.8 Å². The maximum Gasteiger partial charge on any atom is 0.407 e. The normalized spacial score (nSPS) is 12.9. The molecule has 136 valence electrons. The second-order valence-corrected chi connectivity index (χ2v) is 5.86. The SMILES string of the molecule is COc1ccc(F)cc1NC(=O)Nc1ccc2c(c1)CCN(C(=O)O)C2. The molecule has 3 amide bonds. The molecule has 1 aliphatic heterocycles. The number of methoxy groups -OCH3 is 1. The summed E-state index contributed by atoms with van der Waals surface area (Å²) in [6, 6.07) is 8.62. The van der Waals surface area contributed by atoms with Gasteiger partial charge in [-0.25, -0.2) is 14.0 Å². The molecule has 1 heterocycles. The minimum atomic E-state index is -0.943. The fourth-order valence-electron chi connectivity index (χ4n) is 2.86. The summed E-state index contributed by atoms with van der Waals surface area (Å²) >= 11 is 0. The van der Waals surface area contributed by atoms with Crippen molar-refractivity contribution >= 4 is 23.5 Å². The van der Waals surface area contributed by atoms with E-state index in [1.165, 1.54) is 30.2 Å². The predicted octanol–water partition coefficient (Wildman–Crippen LogP) is 3.51. The summed E-state index contributed by atoms with van der Waals surface area (Å²) in [5.74, 6) is -0.140. The Kier molecular flexibility index (Phi) is 4.92. The lowest BCUT2D eigenvalue weighted by molar-refractivity contribution is 0.140. The number of hydrogen-bond acceptors (Lipinski definition) is 3. The first kappa shape index (κ1) is 17.5. The van der Waals surface area contributed by atoms with Gasteiger partial charge in [-0.05, 0) is 41.8 Å². The zero-order valence-electron chi connectivity index (χ0n) is 14.1. The van der Waals surface area contributed by atoms with E-state index in [0.717, 1.165) is 11.1 Å². The number of amides is 3. The van der Waals surface area contributed by atoms with Crippen molar-refractivity contribution in [2.24, 2.45) is 0 Å². The molecule has 2 aromatic rings. The number of hydrogen-bond donors (Lipinski definition) is 3. The third-order valence-electron chi connectivity index (χ3n) is 4.16. The van der Waals surface area contributed by atoms with Gasteiger partial charge in [0.2, 0.25) is 0 Å². The van der Waals surface area contributed by atoms with Crippen LogP contribution in [0.25, 0.3) is 0 Å². The van der Waals surface area contributed by atoms with Crippen molar-refractivity contribution in [3.63, 3.8) is 0 Å². The first-order valence-electron chi connectivity index (χ1n) is 7.97. The molecule has 0 atom stereocenters. The number of anilines is 2. The minimum absolute atomic E-state index is 0.222. The molecule has 0 saturated heterocycles. The number of benzene rings is 2. The van der Waals surface area contributed by atoms with E-state index in [2.05, 4.69) is 10.6 Å². The van der Waals surface area contributed by atoms with Gasteiger partial charge in [0.15, 0.2) is 0 Å². The molecule has 0 saturated carbocycles. The van der Waals surface area contributed by atoms with E-state index >= 15 is 0 Å². The van der Waals surface area contributed by atoms with Gasteiger partial charge in [0.25, 0.3) is 0 Å². The van der Waals surface area contributed by atoms with E-state index < -0.39 is 17.9 Å². The van der Waals surface area contributed by atoms with Gasteiger partial charge in [-0.1, -0.05) is 6.07 Å². The Morgan fingerprint density at radius 3 is 2.69 bits per heavy atom. The summed E-state index contributed by atoms with van der Waals surface area (Å²) in [5, 5.41) is 14.3. The molecule has 0 unspecified atom stereocenters. The van der Waals surface area contributed by atoms with Crippen LogP contribution in [-0.4, -0.2) is 35.8 Å². The molecular weight excluding hydrogens is 341 g/mol. The third-order valence-corrected chi connectivity index (χ3v) is 4.16. The van der Waals surface area contributed by atoms with Crippen LogP contribution in [0.4, 0.5) is 25.4 Å². The largest absolute Gasteiger partial charge is 0.495 e. The second-order valence-electron chi connectivity index (χ2n) is 5.86. The van der Waals surface area contributed by atoms with Crippen LogP contribution in [0.5, 0.6) is 5.75 Å². The predicted molar refractivity (Wildman–Crippen MR) is 94.2 cm³/mol. The van der Waals surface area contributed by atoms with Crippen LogP contribution in [0.1, 0.15) is 11.1 Å².